The first kappa shape index (κ1) is 14.1. The van der Waals surface area contributed by atoms with Crippen LogP contribution in [0.3, 0.4) is 0 Å². The first-order valence-corrected chi connectivity index (χ1v) is 7.26. The SMILES string of the molecule is CCCn1nccc1C(NN)c1snnc1C(C)C. The largest absolute Gasteiger partial charge is 0.270 e. The zero-order chi connectivity index (χ0) is 13.8. The molecular formula is C12H20N6S. The summed E-state index contributed by atoms with van der Waals surface area (Å²) in [6.07, 6.45) is 2.84. The number of nitrogens with zero attached hydrogens (tertiary/aromatic N) is 4. The van der Waals surface area contributed by atoms with Crippen molar-refractivity contribution < 1.29 is 0 Å². The molecule has 1 unspecified atom stereocenters. The Balaban J connectivity index is 2.38. The van der Waals surface area contributed by atoms with Crippen molar-refractivity contribution in [1.29, 1.82) is 0 Å². The van der Waals surface area contributed by atoms with Gasteiger partial charge in [-0.1, -0.05) is 25.3 Å². The third-order valence-corrected chi connectivity index (χ3v) is 3.80. The molecule has 2 aromatic heterocycles. The number of nitrogens with one attached hydrogen (secondary N) is 1. The third-order valence-electron chi connectivity index (χ3n) is 3.00. The fourth-order valence-corrected chi connectivity index (χ4v) is 2.97. The van der Waals surface area contributed by atoms with E-state index < -0.39 is 0 Å². The van der Waals surface area contributed by atoms with Crippen molar-refractivity contribution in [2.75, 3.05) is 0 Å². The number of hydrogen-bond donors (Lipinski definition) is 2. The lowest BCUT2D eigenvalue weighted by atomic mass is 10.0. The Morgan fingerprint density at radius 2 is 2.26 bits per heavy atom. The minimum Gasteiger partial charge on any atom is -0.270 e. The van der Waals surface area contributed by atoms with E-state index in [0.717, 1.165) is 29.2 Å². The predicted molar refractivity (Wildman–Crippen MR) is 75.7 cm³/mol. The van der Waals surface area contributed by atoms with Crippen LogP contribution >= 0.6 is 11.5 Å². The second-order valence-electron chi connectivity index (χ2n) is 4.76. The van der Waals surface area contributed by atoms with Gasteiger partial charge in [0.25, 0.3) is 0 Å². The molecule has 6 nitrogen and oxygen atoms in total. The van der Waals surface area contributed by atoms with Gasteiger partial charge in [0.1, 0.15) is 6.04 Å². The Morgan fingerprint density at radius 1 is 1.47 bits per heavy atom. The highest BCUT2D eigenvalue weighted by Crippen LogP contribution is 2.30. The van der Waals surface area contributed by atoms with Crippen LogP contribution < -0.4 is 11.3 Å². The van der Waals surface area contributed by atoms with E-state index in [1.165, 1.54) is 11.5 Å². The van der Waals surface area contributed by atoms with Crippen molar-refractivity contribution in [2.45, 2.75) is 45.7 Å². The van der Waals surface area contributed by atoms with E-state index in [1.807, 2.05) is 10.7 Å². The Bertz CT molecular complexity index is 518. The van der Waals surface area contributed by atoms with Gasteiger partial charge in [-0.25, -0.2) is 5.43 Å². The molecule has 0 aliphatic carbocycles. The average molecular weight is 280 g/mol. The van der Waals surface area contributed by atoms with Gasteiger partial charge >= 0.3 is 0 Å². The second-order valence-corrected chi connectivity index (χ2v) is 5.54. The van der Waals surface area contributed by atoms with Crippen molar-refractivity contribution in [2.24, 2.45) is 5.84 Å². The first-order valence-electron chi connectivity index (χ1n) is 6.49. The maximum Gasteiger partial charge on any atom is 0.100 e. The lowest BCUT2D eigenvalue weighted by Gasteiger charge is -2.17. The Labute approximate surface area is 117 Å². The Kier molecular flexibility index (Phi) is 4.62. The lowest BCUT2D eigenvalue weighted by Crippen LogP contribution is -2.31. The zero-order valence-corrected chi connectivity index (χ0v) is 12.3. The molecule has 2 heterocycles. The summed E-state index contributed by atoms with van der Waals surface area (Å²) in [5.74, 6) is 6.08. The highest BCUT2D eigenvalue weighted by Gasteiger charge is 2.24. The van der Waals surface area contributed by atoms with Gasteiger partial charge < -0.3 is 0 Å². The van der Waals surface area contributed by atoms with E-state index in [-0.39, 0.29) is 6.04 Å². The highest BCUT2D eigenvalue weighted by molar-refractivity contribution is 7.05. The topological polar surface area (TPSA) is 81.7 Å². The van der Waals surface area contributed by atoms with Crippen molar-refractivity contribution in [3.63, 3.8) is 0 Å². The fourth-order valence-electron chi connectivity index (χ4n) is 2.09. The van der Waals surface area contributed by atoms with Crippen LogP contribution in [0.4, 0.5) is 0 Å². The van der Waals surface area contributed by atoms with E-state index in [2.05, 4.69) is 40.9 Å². The molecule has 0 saturated heterocycles. The highest BCUT2D eigenvalue weighted by atomic mass is 32.1. The molecule has 0 amide bonds. The van der Waals surface area contributed by atoms with Crippen LogP contribution in [0.1, 0.15) is 55.4 Å². The molecule has 3 N–H and O–H groups in total. The second kappa shape index (κ2) is 6.23. The lowest BCUT2D eigenvalue weighted by molar-refractivity contribution is 0.521. The molecular weight excluding hydrogens is 260 g/mol. The number of hydrazine groups is 1. The van der Waals surface area contributed by atoms with Crippen LogP contribution in [0, 0.1) is 0 Å². The summed E-state index contributed by atoms with van der Waals surface area (Å²) < 4.78 is 6.04. The monoisotopic (exact) mass is 280 g/mol. The predicted octanol–water partition coefficient (Wildman–Crippen LogP) is 1.82. The minimum atomic E-state index is -0.105. The maximum atomic E-state index is 5.75. The molecule has 0 aliphatic heterocycles. The van der Waals surface area contributed by atoms with E-state index in [9.17, 15) is 0 Å². The molecule has 0 saturated carbocycles. The van der Waals surface area contributed by atoms with E-state index >= 15 is 0 Å². The minimum absolute atomic E-state index is 0.105. The van der Waals surface area contributed by atoms with Gasteiger partial charge in [0.05, 0.1) is 16.3 Å². The molecule has 104 valence electrons. The van der Waals surface area contributed by atoms with Gasteiger partial charge in [-0.15, -0.1) is 5.10 Å². The van der Waals surface area contributed by atoms with E-state index in [0.29, 0.717) is 5.92 Å². The molecule has 0 radical (unpaired) electrons. The van der Waals surface area contributed by atoms with Crippen LogP contribution in [0.15, 0.2) is 12.3 Å². The molecule has 0 bridgehead atoms. The fraction of sp³-hybridized carbons (Fsp3) is 0.583. The van der Waals surface area contributed by atoms with Gasteiger partial charge in [0.15, 0.2) is 0 Å². The molecule has 19 heavy (non-hydrogen) atoms. The maximum absolute atomic E-state index is 5.75. The van der Waals surface area contributed by atoms with Crippen LogP contribution in [-0.4, -0.2) is 19.4 Å². The Hall–Kier alpha value is -1.31. The zero-order valence-electron chi connectivity index (χ0n) is 11.5. The summed E-state index contributed by atoms with van der Waals surface area (Å²) in [7, 11) is 0. The smallest absolute Gasteiger partial charge is 0.100 e. The molecule has 1 atom stereocenters. The summed E-state index contributed by atoms with van der Waals surface area (Å²) in [5, 5.41) is 8.56. The normalized spacial score (nSPS) is 13.1. The molecule has 0 aromatic carbocycles. The van der Waals surface area contributed by atoms with E-state index in [1.54, 1.807) is 6.20 Å². The van der Waals surface area contributed by atoms with Crippen LogP contribution in [0.25, 0.3) is 0 Å². The molecule has 0 fully saturated rings. The van der Waals surface area contributed by atoms with Crippen molar-refractivity contribution in [1.82, 2.24) is 24.8 Å². The summed E-state index contributed by atoms with van der Waals surface area (Å²) in [4.78, 5) is 1.07. The average Bonchev–Trinajstić information content (AvgIpc) is 3.01. The number of hydrogen-bond acceptors (Lipinski definition) is 6. The van der Waals surface area contributed by atoms with Crippen LogP contribution in [-0.2, 0) is 6.54 Å². The number of rotatable bonds is 6. The standard InChI is InChI=1S/C12H20N6S/c1-4-7-18-9(5-6-14-18)11(15-13)12-10(8(2)3)16-17-19-12/h5-6,8,11,15H,4,7,13H2,1-3H3. The number of nitrogens with two attached hydrogens (primary N) is 1. The first-order chi connectivity index (χ1) is 9.19. The summed E-state index contributed by atoms with van der Waals surface area (Å²) in [6.45, 7) is 7.22. The van der Waals surface area contributed by atoms with Gasteiger partial charge in [-0.05, 0) is 29.9 Å². The van der Waals surface area contributed by atoms with Gasteiger partial charge in [0, 0.05) is 12.7 Å². The molecule has 2 rings (SSSR count). The number of aryl methyl sites for hydroxylation is 1. The van der Waals surface area contributed by atoms with Crippen LogP contribution in [0.5, 0.6) is 0 Å². The van der Waals surface area contributed by atoms with Crippen molar-refractivity contribution in [3.8, 4) is 0 Å². The molecule has 0 aliphatic rings. The van der Waals surface area contributed by atoms with Crippen molar-refractivity contribution >= 4 is 11.5 Å². The Morgan fingerprint density at radius 3 is 2.89 bits per heavy atom. The summed E-state index contributed by atoms with van der Waals surface area (Å²) in [5.41, 5.74) is 4.92. The van der Waals surface area contributed by atoms with Crippen molar-refractivity contribution in [3.05, 3.63) is 28.5 Å². The third kappa shape index (κ3) is 2.83. The number of aromatic nitrogens is 4. The van der Waals surface area contributed by atoms with Gasteiger partial charge in [0.2, 0.25) is 0 Å². The van der Waals surface area contributed by atoms with Gasteiger partial charge in [-0.2, -0.15) is 5.10 Å². The van der Waals surface area contributed by atoms with Gasteiger partial charge in [-0.3, -0.25) is 10.5 Å². The van der Waals surface area contributed by atoms with E-state index in [4.69, 9.17) is 5.84 Å². The molecule has 0 spiro atoms. The quantitative estimate of drug-likeness (QED) is 0.623. The summed E-state index contributed by atoms with van der Waals surface area (Å²) >= 11 is 1.39. The summed E-state index contributed by atoms with van der Waals surface area (Å²) in [6, 6.07) is 1.88. The molecule has 7 heteroatoms. The van der Waals surface area contributed by atoms with Crippen LogP contribution in [0.2, 0.25) is 0 Å². The molecule has 2 aromatic rings.